The predicted molar refractivity (Wildman–Crippen MR) is 64.7 cm³/mol. The Kier molecular flexibility index (Phi) is 2.46. The largest absolute Gasteiger partial charge is 0.457 e. The molecule has 0 fully saturated rings. The van der Waals surface area contributed by atoms with E-state index in [1.54, 1.807) is 0 Å². The van der Waals surface area contributed by atoms with Gasteiger partial charge in [-0.05, 0) is 36.1 Å². The van der Waals surface area contributed by atoms with Crippen molar-refractivity contribution >= 4 is 18.7 Å². The van der Waals surface area contributed by atoms with Crippen LogP contribution < -0.4 is 0 Å². The van der Waals surface area contributed by atoms with Crippen LogP contribution in [0.2, 0.25) is 0 Å². The second kappa shape index (κ2) is 3.81. The van der Waals surface area contributed by atoms with Crippen molar-refractivity contribution in [1.29, 1.82) is 0 Å². The van der Waals surface area contributed by atoms with Gasteiger partial charge in [-0.25, -0.2) is 0 Å². The highest BCUT2D eigenvalue weighted by atomic mass is 35.7. The predicted octanol–water partition coefficient (Wildman–Crippen LogP) is 4.78. The summed E-state index contributed by atoms with van der Waals surface area (Å²) < 4.78 is 5.81. The van der Waals surface area contributed by atoms with E-state index in [4.69, 9.17) is 15.8 Å². The van der Waals surface area contributed by atoms with Crippen LogP contribution in [0.15, 0.2) is 46.5 Å². The van der Waals surface area contributed by atoms with E-state index in [1.807, 2.05) is 0 Å². The zero-order valence-electron chi connectivity index (χ0n) is 8.37. The standard InChI is InChI=1S/C12H12ClOP/c13-15-12-8-4-2-6-10(12)9-5-1-3-7-11(9)14-15/h1,4-5,8H,2-3,6-7H2. The van der Waals surface area contributed by atoms with Crippen molar-refractivity contribution < 1.29 is 4.52 Å². The normalized spacial score (nSPS) is 28.7. The Morgan fingerprint density at radius 3 is 2.87 bits per heavy atom. The first-order chi connectivity index (χ1) is 7.36. The first kappa shape index (κ1) is 9.69. The SMILES string of the molecule is ClP1OC2=C(C=CCC2)C2=C1C=CCC2. The molecule has 1 heterocycles. The van der Waals surface area contributed by atoms with Gasteiger partial charge in [0, 0.05) is 17.3 Å². The van der Waals surface area contributed by atoms with Crippen LogP contribution in [0.3, 0.4) is 0 Å². The molecule has 0 bridgehead atoms. The van der Waals surface area contributed by atoms with E-state index in [9.17, 15) is 0 Å². The minimum Gasteiger partial charge on any atom is -0.457 e. The Bertz CT molecular complexity index is 417. The molecule has 1 nitrogen and oxygen atoms in total. The monoisotopic (exact) mass is 238 g/mol. The fraction of sp³-hybridized carbons (Fsp3) is 0.333. The van der Waals surface area contributed by atoms with Crippen LogP contribution in [0.1, 0.15) is 25.7 Å². The van der Waals surface area contributed by atoms with Crippen molar-refractivity contribution in [2.45, 2.75) is 25.7 Å². The molecule has 15 heavy (non-hydrogen) atoms. The summed E-state index contributed by atoms with van der Waals surface area (Å²) in [6.07, 6.45) is 13.1. The van der Waals surface area contributed by atoms with Gasteiger partial charge in [-0.3, -0.25) is 0 Å². The average molecular weight is 239 g/mol. The van der Waals surface area contributed by atoms with Gasteiger partial charge >= 0.3 is 0 Å². The maximum Gasteiger partial charge on any atom is 0.215 e. The van der Waals surface area contributed by atoms with Gasteiger partial charge < -0.3 is 4.52 Å². The summed E-state index contributed by atoms with van der Waals surface area (Å²) in [5.41, 5.74) is 2.73. The summed E-state index contributed by atoms with van der Waals surface area (Å²) in [6, 6.07) is 0. The summed E-state index contributed by atoms with van der Waals surface area (Å²) in [5.74, 6) is 1.12. The third-order valence-corrected chi connectivity index (χ3v) is 4.91. The molecule has 1 aliphatic heterocycles. The molecule has 0 aromatic carbocycles. The Morgan fingerprint density at radius 1 is 1.13 bits per heavy atom. The first-order valence-electron chi connectivity index (χ1n) is 5.30. The van der Waals surface area contributed by atoms with Gasteiger partial charge in [0.25, 0.3) is 0 Å². The van der Waals surface area contributed by atoms with E-state index in [-0.39, 0.29) is 0 Å². The maximum atomic E-state index is 6.29. The summed E-state index contributed by atoms with van der Waals surface area (Å²) in [6.45, 7) is 0. The summed E-state index contributed by atoms with van der Waals surface area (Å²) in [4.78, 5) is 0. The topological polar surface area (TPSA) is 9.23 Å². The molecule has 0 aromatic heterocycles. The molecule has 0 saturated carbocycles. The van der Waals surface area contributed by atoms with E-state index >= 15 is 0 Å². The van der Waals surface area contributed by atoms with Crippen molar-refractivity contribution in [3.63, 3.8) is 0 Å². The van der Waals surface area contributed by atoms with Crippen LogP contribution in [0, 0.1) is 0 Å². The molecule has 0 amide bonds. The number of halogens is 1. The highest BCUT2D eigenvalue weighted by Gasteiger charge is 2.29. The lowest BCUT2D eigenvalue weighted by Crippen LogP contribution is -2.08. The first-order valence-corrected chi connectivity index (χ1v) is 7.46. The van der Waals surface area contributed by atoms with Crippen LogP contribution in [0.25, 0.3) is 0 Å². The van der Waals surface area contributed by atoms with Gasteiger partial charge in [0.2, 0.25) is 7.50 Å². The lowest BCUT2D eigenvalue weighted by Gasteiger charge is -2.30. The van der Waals surface area contributed by atoms with Crippen LogP contribution in [-0.2, 0) is 4.52 Å². The van der Waals surface area contributed by atoms with Crippen molar-refractivity contribution in [3.05, 3.63) is 46.5 Å². The zero-order chi connectivity index (χ0) is 10.3. The molecule has 1 unspecified atom stereocenters. The van der Waals surface area contributed by atoms with Crippen molar-refractivity contribution in [3.8, 4) is 0 Å². The van der Waals surface area contributed by atoms with Crippen LogP contribution in [-0.4, -0.2) is 0 Å². The fourth-order valence-electron chi connectivity index (χ4n) is 2.24. The molecule has 0 N–H and O–H groups in total. The number of rotatable bonds is 0. The van der Waals surface area contributed by atoms with Crippen LogP contribution in [0.5, 0.6) is 0 Å². The lowest BCUT2D eigenvalue weighted by atomic mass is 9.92. The highest BCUT2D eigenvalue weighted by molar-refractivity contribution is 7.83. The number of hydrogen-bond acceptors (Lipinski definition) is 1. The van der Waals surface area contributed by atoms with E-state index < -0.39 is 7.50 Å². The number of fused-ring (bicyclic) bond motifs is 1. The molecule has 3 rings (SSSR count). The Balaban J connectivity index is 2.11. The van der Waals surface area contributed by atoms with E-state index in [0.29, 0.717) is 0 Å². The molecule has 0 radical (unpaired) electrons. The minimum absolute atomic E-state index is 0.919. The van der Waals surface area contributed by atoms with Gasteiger partial charge in [0.15, 0.2) is 0 Å². The molecule has 78 valence electrons. The zero-order valence-corrected chi connectivity index (χ0v) is 10.0. The molecule has 1 atom stereocenters. The van der Waals surface area contributed by atoms with Gasteiger partial charge in [-0.2, -0.15) is 0 Å². The van der Waals surface area contributed by atoms with Gasteiger partial charge in [0.05, 0.1) is 0 Å². The molecule has 0 saturated heterocycles. The Morgan fingerprint density at radius 2 is 1.93 bits per heavy atom. The lowest BCUT2D eigenvalue weighted by molar-refractivity contribution is 0.444. The van der Waals surface area contributed by atoms with Gasteiger partial charge in [-0.15, -0.1) is 0 Å². The van der Waals surface area contributed by atoms with Gasteiger partial charge in [-0.1, -0.05) is 24.3 Å². The Labute approximate surface area is 95.8 Å². The highest BCUT2D eigenvalue weighted by Crippen LogP contribution is 2.60. The second-order valence-electron chi connectivity index (χ2n) is 3.92. The molecule has 2 aliphatic carbocycles. The van der Waals surface area contributed by atoms with Crippen molar-refractivity contribution in [1.82, 2.24) is 0 Å². The smallest absolute Gasteiger partial charge is 0.215 e. The van der Waals surface area contributed by atoms with E-state index in [0.717, 1.165) is 31.4 Å². The fourth-order valence-corrected chi connectivity index (χ4v) is 4.12. The summed E-state index contributed by atoms with van der Waals surface area (Å²) >= 11 is 6.29. The number of hydrogen-bond donors (Lipinski definition) is 0. The minimum atomic E-state index is -0.919. The Hall–Kier alpha value is -0.520. The van der Waals surface area contributed by atoms with Crippen LogP contribution >= 0.6 is 18.7 Å². The molecule has 0 spiro atoms. The second-order valence-corrected chi connectivity index (χ2v) is 5.99. The molecule has 3 aliphatic rings. The van der Waals surface area contributed by atoms with E-state index in [2.05, 4.69) is 24.3 Å². The maximum absolute atomic E-state index is 6.29. The van der Waals surface area contributed by atoms with Crippen LogP contribution in [0.4, 0.5) is 0 Å². The molecular weight excluding hydrogens is 227 g/mol. The number of allylic oxidation sites excluding steroid dienone is 8. The average Bonchev–Trinajstić information content (AvgIpc) is 2.30. The molecule has 0 aromatic rings. The summed E-state index contributed by atoms with van der Waals surface area (Å²) in [5, 5.41) is 1.23. The van der Waals surface area contributed by atoms with E-state index in [1.165, 1.54) is 16.5 Å². The van der Waals surface area contributed by atoms with Crippen molar-refractivity contribution in [2.24, 2.45) is 0 Å². The molecule has 3 heteroatoms. The third kappa shape index (κ3) is 1.58. The third-order valence-electron chi connectivity index (χ3n) is 2.97. The molecular formula is C12H12ClOP. The van der Waals surface area contributed by atoms with Crippen molar-refractivity contribution in [2.75, 3.05) is 0 Å². The quantitative estimate of drug-likeness (QED) is 0.552. The summed E-state index contributed by atoms with van der Waals surface area (Å²) in [7, 11) is -0.919. The van der Waals surface area contributed by atoms with Gasteiger partial charge in [0.1, 0.15) is 5.76 Å².